The van der Waals surface area contributed by atoms with Crippen molar-refractivity contribution in [1.82, 2.24) is 20.2 Å². The predicted octanol–water partition coefficient (Wildman–Crippen LogP) is 3.81. The molecule has 0 unspecified atom stereocenters. The minimum absolute atomic E-state index is 0.124. The molecule has 1 saturated heterocycles. The third-order valence-electron chi connectivity index (χ3n) is 6.69. The molecule has 2 amide bonds. The predicted molar refractivity (Wildman–Crippen MR) is 131 cm³/mol. The van der Waals surface area contributed by atoms with Gasteiger partial charge >= 0.3 is 0 Å². The molecule has 8 nitrogen and oxygen atoms in total. The van der Waals surface area contributed by atoms with Crippen LogP contribution in [-0.2, 0) is 4.79 Å². The van der Waals surface area contributed by atoms with Crippen LogP contribution < -0.4 is 10.6 Å². The average molecular weight is 461 g/mol. The second kappa shape index (κ2) is 11.1. The second-order valence-electron chi connectivity index (χ2n) is 8.93. The van der Waals surface area contributed by atoms with Crippen molar-refractivity contribution in [3.8, 4) is 6.07 Å². The van der Waals surface area contributed by atoms with Gasteiger partial charge in [-0.05, 0) is 74.3 Å². The number of piperidine rings is 1. The highest BCUT2D eigenvalue weighted by Gasteiger charge is 2.25. The highest BCUT2D eigenvalue weighted by Crippen LogP contribution is 2.36. The van der Waals surface area contributed by atoms with E-state index in [1.54, 1.807) is 0 Å². The Bertz CT molecular complexity index is 1100. The van der Waals surface area contributed by atoms with Crippen LogP contribution in [0, 0.1) is 11.3 Å². The van der Waals surface area contributed by atoms with E-state index in [0.717, 1.165) is 63.0 Å². The van der Waals surface area contributed by atoms with Crippen LogP contribution in [0.2, 0.25) is 0 Å². The molecule has 2 aromatic rings. The lowest BCUT2D eigenvalue weighted by molar-refractivity contribution is -0.131. The quantitative estimate of drug-likeness (QED) is 0.581. The van der Waals surface area contributed by atoms with Crippen LogP contribution in [0.3, 0.4) is 0 Å². The van der Waals surface area contributed by atoms with Crippen LogP contribution >= 0.6 is 0 Å². The van der Waals surface area contributed by atoms with Gasteiger partial charge in [-0.2, -0.15) is 5.26 Å². The standard InChI is InChI=1S/C26H32N6O2/c1-2-28-17-24(33)32-12-10-18(11-13-32)20-8-9-23(22(14-20)19-6-4-3-5-7-19)31-26(34)25-29-16-21(15-27)30-25/h6,8-9,14,16,18,28H,2-5,7,10-13,17H2,1H3,(H,29,30)(H,31,34). The van der Waals surface area contributed by atoms with E-state index in [2.05, 4.69) is 38.8 Å². The van der Waals surface area contributed by atoms with Gasteiger partial charge in [0.2, 0.25) is 5.91 Å². The number of carbonyl (C=O) groups is 2. The molecule has 0 radical (unpaired) electrons. The van der Waals surface area contributed by atoms with Crippen molar-refractivity contribution >= 4 is 23.1 Å². The Morgan fingerprint density at radius 2 is 2.09 bits per heavy atom. The first kappa shape index (κ1) is 23.7. The molecule has 1 aliphatic carbocycles. The lowest BCUT2D eigenvalue weighted by Gasteiger charge is -2.33. The number of hydrogen-bond donors (Lipinski definition) is 3. The van der Waals surface area contributed by atoms with Gasteiger partial charge in [0.05, 0.1) is 12.7 Å². The topological polar surface area (TPSA) is 114 Å². The Morgan fingerprint density at radius 3 is 2.76 bits per heavy atom. The van der Waals surface area contributed by atoms with Crippen LogP contribution in [0.1, 0.15) is 78.8 Å². The number of hydrogen-bond acceptors (Lipinski definition) is 5. The highest BCUT2D eigenvalue weighted by atomic mass is 16.2. The molecule has 3 N–H and O–H groups in total. The Hall–Kier alpha value is -3.44. The van der Waals surface area contributed by atoms with Gasteiger partial charge in [-0.15, -0.1) is 0 Å². The fourth-order valence-electron chi connectivity index (χ4n) is 4.75. The summed E-state index contributed by atoms with van der Waals surface area (Å²) in [6.45, 7) is 4.74. The summed E-state index contributed by atoms with van der Waals surface area (Å²) in [5.41, 5.74) is 4.59. The number of carbonyl (C=O) groups excluding carboxylic acids is 2. The molecule has 0 atom stereocenters. The van der Waals surface area contributed by atoms with E-state index in [1.165, 1.54) is 23.8 Å². The normalized spacial score (nSPS) is 16.6. The zero-order valence-corrected chi connectivity index (χ0v) is 19.7. The minimum atomic E-state index is -0.362. The average Bonchev–Trinajstić information content (AvgIpc) is 3.38. The number of benzene rings is 1. The van der Waals surface area contributed by atoms with Gasteiger partial charge in [-0.1, -0.05) is 19.1 Å². The summed E-state index contributed by atoms with van der Waals surface area (Å²) >= 11 is 0. The summed E-state index contributed by atoms with van der Waals surface area (Å²) in [6, 6.07) is 8.25. The summed E-state index contributed by atoms with van der Waals surface area (Å²) < 4.78 is 0. The molecule has 4 rings (SSSR count). The number of allylic oxidation sites excluding steroid dienone is 2. The Morgan fingerprint density at radius 1 is 1.26 bits per heavy atom. The van der Waals surface area contributed by atoms with Crippen molar-refractivity contribution in [1.29, 1.82) is 5.26 Å². The minimum Gasteiger partial charge on any atom is -0.342 e. The van der Waals surface area contributed by atoms with Crippen molar-refractivity contribution in [3.63, 3.8) is 0 Å². The van der Waals surface area contributed by atoms with Gasteiger partial charge in [0.15, 0.2) is 5.82 Å². The molecular weight excluding hydrogens is 428 g/mol. The first-order valence-electron chi connectivity index (χ1n) is 12.2. The molecule has 0 saturated carbocycles. The smallest absolute Gasteiger partial charge is 0.291 e. The summed E-state index contributed by atoms with van der Waals surface area (Å²) in [5.74, 6) is 0.321. The van der Waals surface area contributed by atoms with Crippen LogP contribution in [0.4, 0.5) is 5.69 Å². The number of likely N-dealkylation sites (N-methyl/N-ethyl adjacent to an activating group) is 1. The van der Waals surface area contributed by atoms with Crippen molar-refractivity contribution < 1.29 is 9.59 Å². The van der Waals surface area contributed by atoms with Crippen molar-refractivity contribution in [2.75, 3.05) is 31.5 Å². The molecule has 0 bridgehead atoms. The third kappa shape index (κ3) is 5.54. The van der Waals surface area contributed by atoms with E-state index in [1.807, 2.05) is 24.0 Å². The molecule has 8 heteroatoms. The third-order valence-corrected chi connectivity index (χ3v) is 6.69. The van der Waals surface area contributed by atoms with E-state index in [4.69, 9.17) is 5.26 Å². The molecular formula is C26H32N6O2. The molecule has 0 spiro atoms. The van der Waals surface area contributed by atoms with Crippen LogP contribution in [-0.4, -0.2) is 52.9 Å². The van der Waals surface area contributed by atoms with Gasteiger partial charge in [0.1, 0.15) is 11.8 Å². The Balaban J connectivity index is 1.52. The van der Waals surface area contributed by atoms with E-state index < -0.39 is 0 Å². The van der Waals surface area contributed by atoms with E-state index >= 15 is 0 Å². The fraction of sp³-hybridized carbons (Fsp3) is 0.462. The highest BCUT2D eigenvalue weighted by molar-refractivity contribution is 6.03. The number of nitriles is 1. The summed E-state index contributed by atoms with van der Waals surface area (Å²) in [5, 5.41) is 15.1. The molecule has 2 aliphatic rings. The van der Waals surface area contributed by atoms with Crippen molar-refractivity contribution in [2.24, 2.45) is 0 Å². The summed E-state index contributed by atoms with van der Waals surface area (Å²) in [6.07, 6.45) is 9.87. The molecule has 178 valence electrons. The first-order valence-corrected chi connectivity index (χ1v) is 12.2. The maximum absolute atomic E-state index is 12.8. The number of rotatable bonds is 7. The van der Waals surface area contributed by atoms with Crippen LogP contribution in [0.15, 0.2) is 30.5 Å². The largest absolute Gasteiger partial charge is 0.342 e. The number of aromatic amines is 1. The van der Waals surface area contributed by atoms with E-state index in [9.17, 15) is 9.59 Å². The number of nitrogens with one attached hydrogen (secondary N) is 3. The van der Waals surface area contributed by atoms with Gasteiger partial charge in [0, 0.05) is 24.3 Å². The molecule has 2 heterocycles. The van der Waals surface area contributed by atoms with E-state index in [0.29, 0.717) is 12.5 Å². The summed E-state index contributed by atoms with van der Waals surface area (Å²) in [7, 11) is 0. The number of amides is 2. The monoisotopic (exact) mass is 460 g/mol. The number of anilines is 1. The number of aromatic nitrogens is 2. The summed E-state index contributed by atoms with van der Waals surface area (Å²) in [4.78, 5) is 33.8. The fourth-order valence-corrected chi connectivity index (χ4v) is 4.75. The van der Waals surface area contributed by atoms with Crippen molar-refractivity contribution in [2.45, 2.75) is 51.4 Å². The molecule has 1 aromatic carbocycles. The number of H-pyrrole nitrogens is 1. The number of imidazole rings is 1. The first-order chi connectivity index (χ1) is 16.6. The van der Waals surface area contributed by atoms with Gasteiger partial charge in [0.25, 0.3) is 5.91 Å². The molecule has 1 fully saturated rings. The van der Waals surface area contributed by atoms with Crippen LogP contribution in [0.25, 0.3) is 5.57 Å². The zero-order valence-electron chi connectivity index (χ0n) is 19.7. The molecule has 1 aliphatic heterocycles. The van der Waals surface area contributed by atoms with Crippen LogP contribution in [0.5, 0.6) is 0 Å². The lowest BCUT2D eigenvalue weighted by atomic mass is 9.85. The number of nitrogens with zero attached hydrogens (tertiary/aromatic N) is 3. The zero-order chi connectivity index (χ0) is 23.9. The molecule has 1 aromatic heterocycles. The van der Waals surface area contributed by atoms with Gasteiger partial charge in [-0.25, -0.2) is 4.98 Å². The lowest BCUT2D eigenvalue weighted by Crippen LogP contribution is -2.42. The molecule has 34 heavy (non-hydrogen) atoms. The second-order valence-corrected chi connectivity index (χ2v) is 8.93. The van der Waals surface area contributed by atoms with Gasteiger partial charge < -0.3 is 20.5 Å². The van der Waals surface area contributed by atoms with Gasteiger partial charge in [-0.3, -0.25) is 9.59 Å². The van der Waals surface area contributed by atoms with E-state index in [-0.39, 0.29) is 23.3 Å². The number of likely N-dealkylation sites (tertiary alicyclic amines) is 1. The van der Waals surface area contributed by atoms with Crippen molar-refractivity contribution in [3.05, 3.63) is 53.1 Å². The SMILES string of the molecule is CCNCC(=O)N1CCC(c2ccc(NC(=O)c3ncc(C#N)[nH]3)c(C3=CCCCC3)c2)CC1. The maximum Gasteiger partial charge on any atom is 0.291 e. The Kier molecular flexibility index (Phi) is 7.76. The maximum atomic E-state index is 12.8. The Labute approximate surface area is 200 Å².